The van der Waals surface area contributed by atoms with E-state index in [0.29, 0.717) is 23.0 Å². The fourth-order valence-electron chi connectivity index (χ4n) is 8.25. The number of hydrogen-bond donors (Lipinski definition) is 0. The van der Waals surface area contributed by atoms with Crippen molar-refractivity contribution in [1.82, 2.24) is 15.0 Å². The zero-order valence-corrected chi connectivity index (χ0v) is 31.3. The van der Waals surface area contributed by atoms with Gasteiger partial charge in [0.1, 0.15) is 11.5 Å². The van der Waals surface area contributed by atoms with Gasteiger partial charge >= 0.3 is 0 Å². The third-order valence-corrected chi connectivity index (χ3v) is 10.9. The molecule has 272 valence electrons. The first kappa shape index (κ1) is 34.5. The largest absolute Gasteiger partial charge is 0.457 e. The van der Waals surface area contributed by atoms with E-state index >= 15 is 0 Å². The molecule has 9 aromatic rings. The monoisotopic (exact) mass is 742 g/mol. The van der Waals surface area contributed by atoms with E-state index in [9.17, 15) is 5.26 Å². The fourth-order valence-corrected chi connectivity index (χ4v) is 8.25. The SMILES string of the molecule is N#Cc1ccc(-c2nc(-c3ccccc3)nc(-c3cccc(-c4cccc(-c5cccc6c5C(c5ccccc5)(c5ccccc5)c5ccccc5O6)c4)c3)n2)cc1. The zero-order valence-electron chi connectivity index (χ0n) is 31.3. The third kappa shape index (κ3) is 6.01. The molecule has 0 amide bonds. The van der Waals surface area contributed by atoms with Crippen LogP contribution in [0, 0.1) is 11.3 Å². The van der Waals surface area contributed by atoms with E-state index in [-0.39, 0.29) is 0 Å². The van der Waals surface area contributed by atoms with Gasteiger partial charge in [0.15, 0.2) is 17.5 Å². The average Bonchev–Trinajstić information content (AvgIpc) is 3.31. The van der Waals surface area contributed by atoms with E-state index in [1.165, 1.54) is 11.1 Å². The maximum atomic E-state index is 9.40. The van der Waals surface area contributed by atoms with Crippen molar-refractivity contribution in [2.24, 2.45) is 0 Å². The van der Waals surface area contributed by atoms with Gasteiger partial charge in [0, 0.05) is 27.8 Å². The van der Waals surface area contributed by atoms with Crippen LogP contribution < -0.4 is 4.74 Å². The molecule has 2 heterocycles. The minimum Gasteiger partial charge on any atom is -0.457 e. The number of hydrogen-bond acceptors (Lipinski definition) is 5. The summed E-state index contributed by atoms with van der Waals surface area (Å²) in [4.78, 5) is 14.8. The quantitative estimate of drug-likeness (QED) is 0.163. The summed E-state index contributed by atoms with van der Waals surface area (Å²) >= 11 is 0. The summed E-state index contributed by atoms with van der Waals surface area (Å²) in [7, 11) is 0. The van der Waals surface area contributed by atoms with E-state index in [1.54, 1.807) is 12.1 Å². The number of nitriles is 1. The Hall–Kier alpha value is -7.94. The molecule has 0 fully saturated rings. The highest BCUT2D eigenvalue weighted by molar-refractivity contribution is 5.83. The summed E-state index contributed by atoms with van der Waals surface area (Å²) in [5.74, 6) is 3.36. The van der Waals surface area contributed by atoms with Gasteiger partial charge in [0.2, 0.25) is 0 Å². The lowest BCUT2D eigenvalue weighted by Gasteiger charge is -2.42. The normalized spacial score (nSPS) is 12.4. The molecule has 0 atom stereocenters. The highest BCUT2D eigenvalue weighted by Crippen LogP contribution is 2.57. The van der Waals surface area contributed by atoms with Crippen molar-refractivity contribution in [3.05, 3.63) is 234 Å². The molecule has 8 aromatic carbocycles. The lowest BCUT2D eigenvalue weighted by atomic mass is 9.62. The molecule has 0 unspecified atom stereocenters. The van der Waals surface area contributed by atoms with Crippen molar-refractivity contribution in [1.29, 1.82) is 5.26 Å². The summed E-state index contributed by atoms with van der Waals surface area (Å²) in [6.07, 6.45) is 0. The van der Waals surface area contributed by atoms with Crippen LogP contribution in [0.3, 0.4) is 0 Å². The molecule has 10 rings (SSSR count). The second-order valence-electron chi connectivity index (χ2n) is 14.3. The van der Waals surface area contributed by atoms with Crippen LogP contribution >= 0.6 is 0 Å². The first-order valence-corrected chi connectivity index (χ1v) is 19.2. The van der Waals surface area contributed by atoms with Gasteiger partial charge in [-0.2, -0.15) is 5.26 Å². The smallest absolute Gasteiger partial charge is 0.164 e. The Balaban J connectivity index is 1.12. The van der Waals surface area contributed by atoms with E-state index < -0.39 is 5.41 Å². The minimum atomic E-state index is -0.652. The molecule has 5 nitrogen and oxygen atoms in total. The first-order valence-electron chi connectivity index (χ1n) is 19.2. The second kappa shape index (κ2) is 14.6. The van der Waals surface area contributed by atoms with Gasteiger partial charge in [-0.3, -0.25) is 0 Å². The maximum absolute atomic E-state index is 9.40. The van der Waals surface area contributed by atoms with Crippen molar-refractivity contribution >= 4 is 0 Å². The Morgan fingerprint density at radius 1 is 0.397 bits per heavy atom. The standard InChI is InChI=1S/C53H34N4O/c54-35-36-29-31-38(32-30-36)51-55-50(37-15-4-1-5-16-37)56-52(57-51)42-20-13-18-40(34-42)39-17-12-19-41(33-39)45-25-14-28-48-49(45)53(43-21-6-2-7-22-43,44-23-8-3-9-24-44)46-26-10-11-27-47(46)58-48/h1-34H. The molecule has 58 heavy (non-hydrogen) atoms. The number of nitrogens with zero attached hydrogens (tertiary/aromatic N) is 4. The van der Waals surface area contributed by atoms with Gasteiger partial charge in [0.05, 0.1) is 17.0 Å². The van der Waals surface area contributed by atoms with Gasteiger partial charge in [-0.1, -0.05) is 158 Å². The Labute approximate surface area is 337 Å². The summed E-state index contributed by atoms with van der Waals surface area (Å²) in [5.41, 5.74) is 11.3. The maximum Gasteiger partial charge on any atom is 0.164 e. The van der Waals surface area contributed by atoms with Crippen LogP contribution in [0.25, 0.3) is 56.4 Å². The van der Waals surface area contributed by atoms with Crippen LogP contribution in [-0.4, -0.2) is 15.0 Å². The number of fused-ring (bicyclic) bond motifs is 2. The van der Waals surface area contributed by atoms with Crippen LogP contribution in [0.1, 0.15) is 27.8 Å². The highest BCUT2D eigenvalue weighted by Gasteiger charge is 2.46. The molecule has 0 aliphatic carbocycles. The minimum absolute atomic E-state index is 0.540. The van der Waals surface area contributed by atoms with Gasteiger partial charge < -0.3 is 4.74 Å². The van der Waals surface area contributed by atoms with Gasteiger partial charge in [-0.15, -0.1) is 0 Å². The van der Waals surface area contributed by atoms with Crippen LogP contribution in [0.5, 0.6) is 11.5 Å². The number of benzene rings is 8. The van der Waals surface area contributed by atoms with Crippen LogP contribution in [0.2, 0.25) is 0 Å². The Kier molecular flexibility index (Phi) is 8.70. The number of ether oxygens (including phenoxy) is 1. The second-order valence-corrected chi connectivity index (χ2v) is 14.3. The molecule has 0 bridgehead atoms. The van der Waals surface area contributed by atoms with Crippen molar-refractivity contribution in [2.75, 3.05) is 0 Å². The molecule has 0 saturated heterocycles. The zero-order chi connectivity index (χ0) is 38.9. The van der Waals surface area contributed by atoms with Crippen molar-refractivity contribution in [2.45, 2.75) is 5.41 Å². The van der Waals surface area contributed by atoms with Crippen molar-refractivity contribution in [3.8, 4) is 74.0 Å². The molecule has 0 spiro atoms. The van der Waals surface area contributed by atoms with Gasteiger partial charge in [-0.05, 0) is 81.9 Å². The molecule has 1 aromatic heterocycles. The van der Waals surface area contributed by atoms with E-state index in [4.69, 9.17) is 19.7 Å². The number of para-hydroxylation sites is 1. The summed E-state index contributed by atoms with van der Waals surface area (Å²) in [6, 6.07) is 72.9. The van der Waals surface area contributed by atoms with E-state index in [1.807, 2.05) is 54.6 Å². The van der Waals surface area contributed by atoms with Gasteiger partial charge in [-0.25, -0.2) is 15.0 Å². The topological polar surface area (TPSA) is 71.7 Å². The number of rotatable bonds is 7. The Morgan fingerprint density at radius 3 is 1.50 bits per heavy atom. The predicted octanol–water partition coefficient (Wildman–Crippen LogP) is 12.6. The molecule has 0 N–H and O–H groups in total. The van der Waals surface area contributed by atoms with Crippen LogP contribution in [0.15, 0.2) is 206 Å². The van der Waals surface area contributed by atoms with E-state index in [2.05, 4.69) is 146 Å². The first-order chi connectivity index (χ1) is 28.7. The third-order valence-electron chi connectivity index (χ3n) is 10.9. The average molecular weight is 743 g/mol. The summed E-state index contributed by atoms with van der Waals surface area (Å²) in [6.45, 7) is 0. The highest BCUT2D eigenvalue weighted by atomic mass is 16.5. The molecular formula is C53H34N4O. The van der Waals surface area contributed by atoms with Crippen LogP contribution in [-0.2, 0) is 5.41 Å². The Bertz CT molecular complexity index is 2940. The molecule has 1 aliphatic rings. The molecular weight excluding hydrogens is 709 g/mol. The molecule has 1 aliphatic heterocycles. The summed E-state index contributed by atoms with van der Waals surface area (Å²) < 4.78 is 6.78. The lowest BCUT2D eigenvalue weighted by Crippen LogP contribution is -2.34. The van der Waals surface area contributed by atoms with E-state index in [0.717, 1.165) is 61.6 Å². The summed E-state index contributed by atoms with van der Waals surface area (Å²) in [5, 5.41) is 9.40. The van der Waals surface area contributed by atoms with Crippen molar-refractivity contribution in [3.63, 3.8) is 0 Å². The van der Waals surface area contributed by atoms with Crippen molar-refractivity contribution < 1.29 is 4.74 Å². The van der Waals surface area contributed by atoms with Crippen LogP contribution in [0.4, 0.5) is 0 Å². The molecule has 0 radical (unpaired) electrons. The predicted molar refractivity (Wildman–Crippen MR) is 230 cm³/mol. The number of aromatic nitrogens is 3. The molecule has 0 saturated carbocycles. The Morgan fingerprint density at radius 2 is 0.862 bits per heavy atom. The molecule has 5 heteroatoms. The van der Waals surface area contributed by atoms with Gasteiger partial charge in [0.25, 0.3) is 0 Å². The fraction of sp³-hybridized carbons (Fsp3) is 0.0189. The lowest BCUT2D eigenvalue weighted by molar-refractivity contribution is 0.435.